The van der Waals surface area contributed by atoms with Crippen LogP contribution in [0.5, 0.6) is 0 Å². The molecule has 0 unspecified atom stereocenters. The van der Waals surface area contributed by atoms with Crippen molar-refractivity contribution in [1.82, 2.24) is 0 Å². The quantitative estimate of drug-likeness (QED) is 0.0351. The first-order valence-corrected chi connectivity index (χ1v) is 32.0. The maximum atomic E-state index is 11.9. The molecule has 0 aliphatic carbocycles. The molecule has 0 N–H and O–H groups in total. The van der Waals surface area contributed by atoms with Gasteiger partial charge in [-0.05, 0) is 57.1 Å². The Morgan fingerprint density at radius 3 is 0.826 bits per heavy atom. The van der Waals surface area contributed by atoms with E-state index in [1.165, 1.54) is 203 Å². The van der Waals surface area contributed by atoms with E-state index in [-0.39, 0.29) is 30.8 Å². The second-order valence-corrected chi connectivity index (χ2v) is 21.8. The van der Waals surface area contributed by atoms with Gasteiger partial charge in [0.15, 0.2) is 0 Å². The first kappa shape index (κ1) is 73.9. The standard InChI is InChI=1S/C18H30O3S.3C12H24O2.C4H9.Sn/c1-2-3-4-5-6-7-8-9-10-14-17-21-22(19,20)18-15-12-11-13-16-18;3*1-2-3-4-5-6-7-8-9-10-11-12(13)14;1-3-4-2;/h11-13,15-16H,2-10,14,17H2,1H3;3*2-11H2,1H3,(H,13,14);1,3-4H2,2H3;/q;;;;;+3/p-3. The van der Waals surface area contributed by atoms with Gasteiger partial charge in [-0.1, -0.05) is 258 Å². The monoisotopic (exact) mass is 1100 g/mol. The van der Waals surface area contributed by atoms with Crippen molar-refractivity contribution in [1.29, 1.82) is 0 Å². The maximum absolute atomic E-state index is 11.9. The second-order valence-electron chi connectivity index (χ2n) is 18.7. The normalized spacial score (nSPS) is 10.7. The Bertz CT molecular complexity index is 1180. The van der Waals surface area contributed by atoms with Gasteiger partial charge in [0.2, 0.25) is 0 Å². The van der Waals surface area contributed by atoms with E-state index in [0.29, 0.717) is 0 Å². The Labute approximate surface area is 440 Å². The average molecular weight is 1100 g/mol. The minimum atomic E-state index is -3.57. The molecule has 0 aliphatic heterocycles. The molecular weight excluding hydrogens is 991 g/mol. The summed E-state index contributed by atoms with van der Waals surface area (Å²) in [5, 5.41) is 30.3. The molecule has 11 heteroatoms. The van der Waals surface area contributed by atoms with Crippen molar-refractivity contribution in [3.63, 3.8) is 0 Å². The molecule has 0 aliphatic rings. The number of carbonyl (C=O) groups is 3. The van der Waals surface area contributed by atoms with Crippen LogP contribution in [0, 0.1) is 0 Å². The summed E-state index contributed by atoms with van der Waals surface area (Å²) in [5.41, 5.74) is 0. The number of carboxylic acids is 3. The van der Waals surface area contributed by atoms with Crippen molar-refractivity contribution < 1.29 is 42.3 Å². The van der Waals surface area contributed by atoms with Crippen LogP contribution >= 0.6 is 0 Å². The molecule has 0 heterocycles. The van der Waals surface area contributed by atoms with Gasteiger partial charge in [0.05, 0.1) is 11.5 Å². The van der Waals surface area contributed by atoms with E-state index in [1.54, 1.807) is 52.9 Å². The minimum absolute atomic E-state index is 0.232. The predicted octanol–water partition coefficient (Wildman–Crippen LogP) is 14.7. The predicted molar refractivity (Wildman–Crippen MR) is 287 cm³/mol. The van der Waals surface area contributed by atoms with Crippen LogP contribution in [0.25, 0.3) is 0 Å². The molecule has 9 nitrogen and oxygen atoms in total. The molecule has 1 rings (SSSR count). The summed E-state index contributed by atoms with van der Waals surface area (Å²) in [6.45, 7) is 11.4. The molecule has 0 saturated heterocycles. The molecule has 69 heavy (non-hydrogen) atoms. The van der Waals surface area contributed by atoms with Crippen LogP contribution in [0.15, 0.2) is 35.2 Å². The number of rotatable bonds is 45. The fourth-order valence-corrected chi connectivity index (χ4v) is 9.30. The van der Waals surface area contributed by atoms with Crippen molar-refractivity contribution in [3.05, 3.63) is 30.3 Å². The Morgan fingerprint density at radius 1 is 0.377 bits per heavy atom. The molecule has 0 fully saturated rings. The molecule has 0 amide bonds. The summed E-state index contributed by atoms with van der Waals surface area (Å²) >= 11 is 1.68. The number of unbranched alkanes of at least 4 members (excludes halogenated alkanes) is 34. The summed E-state index contributed by atoms with van der Waals surface area (Å²) in [7, 11) is -3.57. The van der Waals surface area contributed by atoms with Gasteiger partial charge in [0, 0.05) is 17.9 Å². The summed E-state index contributed by atoms with van der Waals surface area (Å²) in [6, 6.07) is 8.33. The number of carbonyl (C=O) groups excluding carboxylic acids is 3. The van der Waals surface area contributed by atoms with Crippen molar-refractivity contribution in [2.75, 3.05) is 6.61 Å². The molecule has 0 spiro atoms. The van der Waals surface area contributed by atoms with E-state index < -0.39 is 28.0 Å². The van der Waals surface area contributed by atoms with Crippen LogP contribution in [0.4, 0.5) is 0 Å². The second kappa shape index (κ2) is 64.4. The van der Waals surface area contributed by atoms with Crippen LogP contribution in [0.2, 0.25) is 4.44 Å². The van der Waals surface area contributed by atoms with Gasteiger partial charge in [-0.15, -0.1) is 0 Å². The molecule has 0 atom stereocenters. The zero-order chi connectivity index (χ0) is 52.2. The molecule has 0 radical (unpaired) electrons. The van der Waals surface area contributed by atoms with Crippen LogP contribution in [0.3, 0.4) is 0 Å². The summed E-state index contributed by atoms with van der Waals surface area (Å²) in [4.78, 5) is 30.5. The van der Waals surface area contributed by atoms with Gasteiger partial charge in [-0.3, -0.25) is 4.18 Å². The van der Waals surface area contributed by atoms with Crippen molar-refractivity contribution in [3.8, 4) is 0 Å². The molecule has 0 bridgehead atoms. The van der Waals surface area contributed by atoms with E-state index in [9.17, 15) is 38.1 Å². The molecule has 0 saturated carbocycles. The van der Waals surface area contributed by atoms with Crippen molar-refractivity contribution >= 4 is 50.6 Å². The van der Waals surface area contributed by atoms with Gasteiger partial charge in [-0.2, -0.15) is 8.42 Å². The molecule has 1 aromatic rings. The van der Waals surface area contributed by atoms with E-state index in [0.717, 1.165) is 51.4 Å². The zero-order valence-corrected chi connectivity index (χ0v) is 49.3. The number of hydrogen-bond acceptors (Lipinski definition) is 9. The number of benzene rings is 1. The Balaban J connectivity index is -0.000000403. The Kier molecular flexibility index (Phi) is 68.9. The van der Waals surface area contributed by atoms with E-state index in [2.05, 4.69) is 34.6 Å². The average Bonchev–Trinajstić information content (AvgIpc) is 3.33. The first-order chi connectivity index (χ1) is 33.4. The topological polar surface area (TPSA) is 164 Å². The van der Waals surface area contributed by atoms with Gasteiger partial charge >= 0.3 is 46.7 Å². The Hall–Kier alpha value is -1.66. The van der Waals surface area contributed by atoms with Gasteiger partial charge in [-0.25, -0.2) is 0 Å². The third-order valence-electron chi connectivity index (χ3n) is 11.8. The first-order valence-electron chi connectivity index (χ1n) is 28.6. The van der Waals surface area contributed by atoms with Gasteiger partial charge in [0.1, 0.15) is 0 Å². The van der Waals surface area contributed by atoms with Crippen LogP contribution in [-0.4, -0.2) is 55.5 Å². The van der Waals surface area contributed by atoms with Crippen molar-refractivity contribution in [2.45, 2.75) is 314 Å². The fraction of sp³-hybridized carbons (Fsp3) is 0.845. The van der Waals surface area contributed by atoms with Crippen LogP contribution < -0.4 is 15.3 Å². The van der Waals surface area contributed by atoms with E-state index >= 15 is 0 Å². The summed E-state index contributed by atoms with van der Waals surface area (Å²) < 4.78 is 30.2. The molecule has 1 aromatic carbocycles. The zero-order valence-electron chi connectivity index (χ0n) is 45.6. The fourth-order valence-electron chi connectivity index (χ4n) is 7.33. The third kappa shape index (κ3) is 73.0. The van der Waals surface area contributed by atoms with E-state index in [1.807, 2.05) is 0 Å². The van der Waals surface area contributed by atoms with Gasteiger partial charge < -0.3 is 29.7 Å². The van der Waals surface area contributed by atoms with E-state index in [4.69, 9.17) is 4.18 Å². The number of carboxylic acid groups (broad SMARTS) is 3. The summed E-state index contributed by atoms with van der Waals surface area (Å²) in [6.07, 6.45) is 48.5. The molecular formula is C58H108O9SSn. The van der Waals surface area contributed by atoms with Crippen LogP contribution in [-0.2, 0) is 28.7 Å². The Morgan fingerprint density at radius 2 is 0.609 bits per heavy atom. The SMILES string of the molecule is CCCCCCCCCCCC(=O)[O-].CCCCCCCCCCCC(=O)[O-].CCCCCCCCCCCC(=O)[O-].CCCCCCCCCCCCOS(=O)(=O)c1ccccc1.CCC[CH2][Sn+3]. The molecule has 404 valence electrons. The van der Waals surface area contributed by atoms with Crippen LogP contribution in [0.1, 0.15) is 304 Å². The van der Waals surface area contributed by atoms with Crippen molar-refractivity contribution in [2.24, 2.45) is 0 Å². The molecule has 0 aromatic heterocycles. The third-order valence-corrected chi connectivity index (χ3v) is 14.1. The summed E-state index contributed by atoms with van der Waals surface area (Å²) in [5.74, 6) is -2.73. The number of aliphatic carboxylic acids is 3. The van der Waals surface area contributed by atoms with Gasteiger partial charge in [0.25, 0.3) is 10.1 Å². The number of hydrogen-bond donors (Lipinski definition) is 0.